The van der Waals surface area contributed by atoms with E-state index in [-0.39, 0.29) is 18.2 Å². The van der Waals surface area contributed by atoms with E-state index in [2.05, 4.69) is 0 Å². The van der Waals surface area contributed by atoms with Crippen LogP contribution in [0.5, 0.6) is 0 Å². The van der Waals surface area contributed by atoms with Crippen molar-refractivity contribution in [3.8, 4) is 0 Å². The van der Waals surface area contributed by atoms with Gasteiger partial charge in [0.05, 0.1) is 18.8 Å². The highest BCUT2D eigenvalue weighted by Crippen LogP contribution is 2.23. The number of morpholine rings is 1. The van der Waals surface area contributed by atoms with Crippen LogP contribution in [0.3, 0.4) is 0 Å². The summed E-state index contributed by atoms with van der Waals surface area (Å²) in [6, 6.07) is 0.150. The minimum absolute atomic E-state index is 0.105. The average molecular weight is 187 g/mol. The second-order valence-corrected chi connectivity index (χ2v) is 3.99. The Morgan fingerprint density at radius 1 is 1.69 bits per heavy atom. The summed E-state index contributed by atoms with van der Waals surface area (Å²) in [4.78, 5) is 12.5. The second-order valence-electron chi connectivity index (χ2n) is 3.99. The van der Waals surface area contributed by atoms with Crippen LogP contribution in [0.25, 0.3) is 0 Å². The van der Waals surface area contributed by atoms with Crippen molar-refractivity contribution in [2.24, 2.45) is 0 Å². The van der Waals surface area contributed by atoms with Gasteiger partial charge in [-0.25, -0.2) is 0 Å². The van der Waals surface area contributed by atoms with Crippen molar-refractivity contribution in [3.05, 3.63) is 0 Å². The van der Waals surface area contributed by atoms with Crippen LogP contribution in [-0.2, 0) is 9.53 Å². The van der Waals surface area contributed by atoms with Crippen molar-refractivity contribution >= 4 is 5.97 Å². The number of aliphatic carboxylic acids is 1. The summed E-state index contributed by atoms with van der Waals surface area (Å²) in [5.41, 5.74) is -0.242. The minimum atomic E-state index is -0.774. The van der Waals surface area contributed by atoms with Gasteiger partial charge in [-0.2, -0.15) is 0 Å². The maximum Gasteiger partial charge on any atom is 0.317 e. The van der Waals surface area contributed by atoms with E-state index in [0.29, 0.717) is 13.2 Å². The summed E-state index contributed by atoms with van der Waals surface area (Å²) in [6.07, 6.45) is 0. The largest absolute Gasteiger partial charge is 0.480 e. The summed E-state index contributed by atoms with van der Waals surface area (Å²) < 4.78 is 5.55. The molecule has 0 bridgehead atoms. The zero-order chi connectivity index (χ0) is 10.1. The number of carbonyl (C=O) groups is 1. The Balaban J connectivity index is 2.60. The molecule has 1 rings (SSSR count). The molecule has 0 amide bonds. The molecule has 0 spiro atoms. The number of hydrogen-bond donors (Lipinski definition) is 1. The van der Waals surface area contributed by atoms with Crippen molar-refractivity contribution in [1.82, 2.24) is 4.90 Å². The lowest BCUT2D eigenvalue weighted by Crippen LogP contribution is -2.56. The molecule has 76 valence electrons. The predicted molar refractivity (Wildman–Crippen MR) is 48.7 cm³/mol. The summed E-state index contributed by atoms with van der Waals surface area (Å²) in [7, 11) is 0. The van der Waals surface area contributed by atoms with E-state index in [1.54, 1.807) is 0 Å². The van der Waals surface area contributed by atoms with Gasteiger partial charge in [0.2, 0.25) is 0 Å². The predicted octanol–water partition coefficient (Wildman–Crippen LogP) is 0.570. The molecule has 13 heavy (non-hydrogen) atoms. The number of carboxylic acid groups (broad SMARTS) is 1. The fraction of sp³-hybridized carbons (Fsp3) is 0.889. The third-order valence-corrected chi connectivity index (χ3v) is 2.74. The van der Waals surface area contributed by atoms with Crippen LogP contribution in [0.15, 0.2) is 0 Å². The highest BCUT2D eigenvalue weighted by atomic mass is 16.5. The van der Waals surface area contributed by atoms with Gasteiger partial charge >= 0.3 is 5.97 Å². The SMILES string of the molecule is CC1N(CC(=O)O)CCOC1(C)C. The van der Waals surface area contributed by atoms with E-state index >= 15 is 0 Å². The van der Waals surface area contributed by atoms with Gasteiger partial charge in [-0.1, -0.05) is 0 Å². The zero-order valence-electron chi connectivity index (χ0n) is 8.41. The summed E-state index contributed by atoms with van der Waals surface area (Å²) >= 11 is 0. The molecule has 0 radical (unpaired) electrons. The number of ether oxygens (including phenoxy) is 1. The van der Waals surface area contributed by atoms with E-state index in [1.807, 2.05) is 25.7 Å². The Bertz CT molecular complexity index is 203. The topological polar surface area (TPSA) is 49.8 Å². The molecular formula is C9H17NO3. The first-order chi connectivity index (χ1) is 5.93. The third kappa shape index (κ3) is 2.42. The minimum Gasteiger partial charge on any atom is -0.480 e. The first-order valence-electron chi connectivity index (χ1n) is 4.53. The van der Waals surface area contributed by atoms with Crippen LogP contribution in [0.1, 0.15) is 20.8 Å². The molecule has 0 aromatic rings. The molecule has 0 saturated carbocycles. The van der Waals surface area contributed by atoms with Crippen LogP contribution < -0.4 is 0 Å². The quantitative estimate of drug-likeness (QED) is 0.686. The fourth-order valence-corrected chi connectivity index (χ4v) is 1.57. The third-order valence-electron chi connectivity index (χ3n) is 2.74. The monoisotopic (exact) mass is 187 g/mol. The second kappa shape index (κ2) is 3.64. The maximum absolute atomic E-state index is 10.5. The van der Waals surface area contributed by atoms with Crippen molar-refractivity contribution in [3.63, 3.8) is 0 Å². The molecule has 1 heterocycles. The van der Waals surface area contributed by atoms with E-state index in [0.717, 1.165) is 0 Å². The molecule has 1 aliphatic heterocycles. The molecule has 1 fully saturated rings. The maximum atomic E-state index is 10.5. The Kier molecular flexibility index (Phi) is 2.93. The molecule has 0 aromatic heterocycles. The first kappa shape index (κ1) is 10.5. The zero-order valence-corrected chi connectivity index (χ0v) is 8.41. The Hall–Kier alpha value is -0.610. The van der Waals surface area contributed by atoms with Gasteiger partial charge in [0.15, 0.2) is 0 Å². The summed E-state index contributed by atoms with van der Waals surface area (Å²) in [6.45, 7) is 7.41. The van der Waals surface area contributed by atoms with Gasteiger partial charge in [-0.05, 0) is 20.8 Å². The molecule has 4 heteroatoms. The Morgan fingerprint density at radius 3 is 2.85 bits per heavy atom. The fourth-order valence-electron chi connectivity index (χ4n) is 1.57. The summed E-state index contributed by atoms with van der Waals surface area (Å²) in [5.74, 6) is -0.774. The van der Waals surface area contributed by atoms with Crippen LogP contribution in [0.2, 0.25) is 0 Å². The van der Waals surface area contributed by atoms with Crippen LogP contribution in [0.4, 0.5) is 0 Å². The molecule has 4 nitrogen and oxygen atoms in total. The van der Waals surface area contributed by atoms with Gasteiger partial charge in [-0.15, -0.1) is 0 Å². The number of nitrogens with zero attached hydrogens (tertiary/aromatic N) is 1. The number of hydrogen-bond acceptors (Lipinski definition) is 3. The lowest BCUT2D eigenvalue weighted by atomic mass is 9.97. The average Bonchev–Trinajstić information content (AvgIpc) is 1.98. The van der Waals surface area contributed by atoms with Crippen LogP contribution >= 0.6 is 0 Å². The van der Waals surface area contributed by atoms with Gasteiger partial charge in [0.25, 0.3) is 0 Å². The smallest absolute Gasteiger partial charge is 0.317 e. The van der Waals surface area contributed by atoms with Gasteiger partial charge in [0, 0.05) is 12.6 Å². The lowest BCUT2D eigenvalue weighted by molar-refractivity contribution is -0.149. The highest BCUT2D eigenvalue weighted by molar-refractivity contribution is 5.69. The van der Waals surface area contributed by atoms with E-state index in [9.17, 15) is 4.79 Å². The molecule has 0 aromatic carbocycles. The first-order valence-corrected chi connectivity index (χ1v) is 4.53. The number of rotatable bonds is 2. The van der Waals surface area contributed by atoms with Gasteiger partial charge in [-0.3, -0.25) is 9.69 Å². The van der Waals surface area contributed by atoms with Crippen molar-refractivity contribution < 1.29 is 14.6 Å². The molecule has 1 aliphatic rings. The molecule has 1 N–H and O–H groups in total. The number of carboxylic acids is 1. The Labute approximate surface area is 78.5 Å². The lowest BCUT2D eigenvalue weighted by Gasteiger charge is -2.43. The Morgan fingerprint density at radius 2 is 2.31 bits per heavy atom. The van der Waals surface area contributed by atoms with Crippen molar-refractivity contribution in [2.75, 3.05) is 19.7 Å². The molecule has 0 aliphatic carbocycles. The molecule has 1 saturated heterocycles. The highest BCUT2D eigenvalue weighted by Gasteiger charge is 2.35. The normalized spacial score (nSPS) is 28.7. The van der Waals surface area contributed by atoms with Gasteiger partial charge < -0.3 is 9.84 Å². The van der Waals surface area contributed by atoms with E-state index in [4.69, 9.17) is 9.84 Å². The van der Waals surface area contributed by atoms with E-state index in [1.165, 1.54) is 0 Å². The van der Waals surface area contributed by atoms with Crippen LogP contribution in [-0.4, -0.2) is 47.3 Å². The van der Waals surface area contributed by atoms with Gasteiger partial charge in [0.1, 0.15) is 0 Å². The molecule has 1 unspecified atom stereocenters. The van der Waals surface area contributed by atoms with Crippen molar-refractivity contribution in [1.29, 1.82) is 0 Å². The summed E-state index contributed by atoms with van der Waals surface area (Å²) in [5, 5.41) is 8.67. The van der Waals surface area contributed by atoms with Crippen molar-refractivity contribution in [2.45, 2.75) is 32.4 Å². The molecular weight excluding hydrogens is 170 g/mol. The van der Waals surface area contributed by atoms with Crippen LogP contribution in [0, 0.1) is 0 Å². The standard InChI is InChI=1S/C9H17NO3/c1-7-9(2,3)13-5-4-10(7)6-8(11)12/h7H,4-6H2,1-3H3,(H,11,12). The molecule has 1 atom stereocenters. The van der Waals surface area contributed by atoms with E-state index < -0.39 is 5.97 Å².